The van der Waals surface area contributed by atoms with E-state index in [0.717, 1.165) is 6.04 Å². The van der Waals surface area contributed by atoms with Gasteiger partial charge in [0.05, 0.1) is 0 Å². The molecule has 3 heteroatoms. The van der Waals surface area contributed by atoms with Gasteiger partial charge < -0.3 is 10.2 Å². The molecule has 1 aliphatic heterocycles. The van der Waals surface area contributed by atoms with Gasteiger partial charge in [-0.2, -0.15) is 0 Å². The first-order chi connectivity index (χ1) is 8.75. The number of hydrogen-bond acceptors (Lipinski definition) is 3. The fourth-order valence-electron chi connectivity index (χ4n) is 3.54. The van der Waals surface area contributed by atoms with E-state index in [1.807, 2.05) is 0 Å². The van der Waals surface area contributed by atoms with Crippen LogP contribution >= 0.6 is 0 Å². The lowest BCUT2D eigenvalue weighted by molar-refractivity contribution is 0.167. The third-order valence-electron chi connectivity index (χ3n) is 4.44. The zero-order chi connectivity index (χ0) is 12.8. The van der Waals surface area contributed by atoms with E-state index in [4.69, 9.17) is 0 Å². The summed E-state index contributed by atoms with van der Waals surface area (Å²) in [7, 11) is 4.37. The Kier molecular flexibility index (Phi) is 5.93. The van der Waals surface area contributed by atoms with Gasteiger partial charge in [-0.25, -0.2) is 0 Å². The Bertz CT molecular complexity index is 222. The highest BCUT2D eigenvalue weighted by Gasteiger charge is 2.24. The van der Waals surface area contributed by atoms with Crippen molar-refractivity contribution in [2.45, 2.75) is 57.0 Å². The van der Waals surface area contributed by atoms with Gasteiger partial charge in [-0.3, -0.25) is 4.90 Å². The highest BCUT2D eigenvalue weighted by atomic mass is 15.2. The van der Waals surface area contributed by atoms with Crippen LogP contribution in [-0.4, -0.2) is 62.2 Å². The van der Waals surface area contributed by atoms with Crippen molar-refractivity contribution in [1.82, 2.24) is 15.1 Å². The van der Waals surface area contributed by atoms with Crippen LogP contribution in [0.4, 0.5) is 0 Å². The minimum Gasteiger partial charge on any atom is -0.311 e. The van der Waals surface area contributed by atoms with Crippen LogP contribution in [-0.2, 0) is 0 Å². The molecule has 1 saturated carbocycles. The molecule has 18 heavy (non-hydrogen) atoms. The molecule has 0 amide bonds. The fourth-order valence-corrected chi connectivity index (χ4v) is 3.54. The van der Waals surface area contributed by atoms with Gasteiger partial charge >= 0.3 is 0 Å². The van der Waals surface area contributed by atoms with Crippen LogP contribution in [0, 0.1) is 0 Å². The average Bonchev–Trinajstić information content (AvgIpc) is 2.70. The van der Waals surface area contributed by atoms with Crippen molar-refractivity contribution in [3.63, 3.8) is 0 Å². The average molecular weight is 253 g/mol. The fraction of sp³-hybridized carbons (Fsp3) is 1.00. The first-order valence-corrected chi connectivity index (χ1v) is 7.88. The zero-order valence-electron chi connectivity index (χ0n) is 12.3. The molecule has 1 atom stereocenters. The van der Waals surface area contributed by atoms with E-state index in [-0.39, 0.29) is 0 Å². The van der Waals surface area contributed by atoms with Gasteiger partial charge in [0.1, 0.15) is 0 Å². The van der Waals surface area contributed by atoms with Crippen molar-refractivity contribution in [2.24, 2.45) is 0 Å². The highest BCUT2D eigenvalue weighted by molar-refractivity contribution is 4.83. The molecule has 2 fully saturated rings. The van der Waals surface area contributed by atoms with Crippen molar-refractivity contribution in [2.75, 3.05) is 40.3 Å². The largest absolute Gasteiger partial charge is 0.311 e. The highest BCUT2D eigenvalue weighted by Crippen LogP contribution is 2.22. The number of nitrogens with zero attached hydrogens (tertiary/aromatic N) is 2. The summed E-state index contributed by atoms with van der Waals surface area (Å²) in [5, 5.41) is 3.71. The van der Waals surface area contributed by atoms with E-state index in [1.165, 1.54) is 71.1 Å². The monoisotopic (exact) mass is 253 g/mol. The van der Waals surface area contributed by atoms with Crippen LogP contribution in [0.2, 0.25) is 0 Å². The zero-order valence-corrected chi connectivity index (χ0v) is 12.3. The van der Waals surface area contributed by atoms with Gasteiger partial charge in [0.25, 0.3) is 0 Å². The quantitative estimate of drug-likeness (QED) is 0.776. The molecular formula is C15H31N3. The number of rotatable bonds is 3. The molecule has 0 aromatic rings. The van der Waals surface area contributed by atoms with Crippen LogP contribution in [0.1, 0.15) is 44.9 Å². The van der Waals surface area contributed by atoms with E-state index >= 15 is 0 Å². The second kappa shape index (κ2) is 7.46. The van der Waals surface area contributed by atoms with Crippen molar-refractivity contribution in [3.05, 3.63) is 0 Å². The van der Waals surface area contributed by atoms with Gasteiger partial charge in [-0.15, -0.1) is 0 Å². The van der Waals surface area contributed by atoms with Crippen LogP contribution in [0.5, 0.6) is 0 Å². The third kappa shape index (κ3) is 4.52. The molecule has 106 valence electrons. The molecule has 3 nitrogen and oxygen atoms in total. The van der Waals surface area contributed by atoms with Gasteiger partial charge in [0.2, 0.25) is 0 Å². The Morgan fingerprint density at radius 1 is 1.06 bits per heavy atom. The van der Waals surface area contributed by atoms with E-state index in [0.29, 0.717) is 6.04 Å². The predicted octanol–water partition coefficient (Wildman–Crippen LogP) is 1.93. The van der Waals surface area contributed by atoms with Gasteiger partial charge in [0.15, 0.2) is 0 Å². The molecule has 0 bridgehead atoms. The van der Waals surface area contributed by atoms with Gasteiger partial charge in [-0.1, -0.05) is 25.7 Å². The lowest BCUT2D eigenvalue weighted by atomic mass is 10.1. The van der Waals surface area contributed by atoms with Crippen LogP contribution in [0.3, 0.4) is 0 Å². The molecule has 1 unspecified atom stereocenters. The summed E-state index contributed by atoms with van der Waals surface area (Å²) in [6, 6.07) is 1.53. The molecule has 1 saturated heterocycles. The summed E-state index contributed by atoms with van der Waals surface area (Å²) < 4.78 is 0. The smallest absolute Gasteiger partial charge is 0.0322 e. The number of nitrogens with one attached hydrogen (secondary N) is 1. The van der Waals surface area contributed by atoms with Crippen molar-refractivity contribution in [1.29, 1.82) is 0 Å². The topological polar surface area (TPSA) is 18.5 Å². The van der Waals surface area contributed by atoms with Crippen LogP contribution in [0.25, 0.3) is 0 Å². The van der Waals surface area contributed by atoms with Gasteiger partial charge in [0, 0.05) is 25.2 Å². The Morgan fingerprint density at radius 3 is 2.44 bits per heavy atom. The lowest BCUT2D eigenvalue weighted by Crippen LogP contribution is -2.46. The molecule has 0 aromatic heterocycles. The summed E-state index contributed by atoms with van der Waals surface area (Å²) in [5.41, 5.74) is 0. The molecule has 1 N–H and O–H groups in total. The van der Waals surface area contributed by atoms with Crippen LogP contribution < -0.4 is 5.32 Å². The molecule has 2 aliphatic rings. The number of likely N-dealkylation sites (N-methyl/N-ethyl adjacent to an activating group) is 1. The molecule has 0 aromatic carbocycles. The molecule has 1 aliphatic carbocycles. The maximum absolute atomic E-state index is 3.71. The molecular weight excluding hydrogens is 222 g/mol. The second-order valence-corrected chi connectivity index (χ2v) is 6.41. The number of hydrogen-bond donors (Lipinski definition) is 1. The van der Waals surface area contributed by atoms with Crippen molar-refractivity contribution in [3.8, 4) is 0 Å². The Labute approximate surface area is 113 Å². The molecule has 2 rings (SSSR count). The van der Waals surface area contributed by atoms with Crippen LogP contribution in [0.15, 0.2) is 0 Å². The SMILES string of the molecule is CN(C)CC1CN(C2CCCCCC2)CCCN1. The Hall–Kier alpha value is -0.120. The molecule has 0 radical (unpaired) electrons. The summed E-state index contributed by atoms with van der Waals surface area (Å²) in [5.74, 6) is 0. The Balaban J connectivity index is 1.88. The minimum atomic E-state index is 0.658. The summed E-state index contributed by atoms with van der Waals surface area (Å²) >= 11 is 0. The first kappa shape index (κ1) is 14.3. The van der Waals surface area contributed by atoms with Crippen molar-refractivity contribution < 1.29 is 0 Å². The standard InChI is InChI=1S/C15H31N3/c1-17(2)12-14-13-18(11-7-10-16-14)15-8-5-3-4-6-9-15/h14-16H,3-13H2,1-2H3. The maximum Gasteiger partial charge on any atom is 0.0322 e. The molecule has 1 heterocycles. The predicted molar refractivity (Wildman–Crippen MR) is 78.0 cm³/mol. The first-order valence-electron chi connectivity index (χ1n) is 7.88. The van der Waals surface area contributed by atoms with E-state index in [1.54, 1.807) is 0 Å². The summed E-state index contributed by atoms with van der Waals surface area (Å²) in [4.78, 5) is 5.10. The normalized spacial score (nSPS) is 29.2. The Morgan fingerprint density at radius 2 is 1.78 bits per heavy atom. The maximum atomic E-state index is 3.71. The lowest BCUT2D eigenvalue weighted by Gasteiger charge is -2.32. The minimum absolute atomic E-state index is 0.658. The van der Waals surface area contributed by atoms with Gasteiger partial charge in [-0.05, 0) is 46.4 Å². The van der Waals surface area contributed by atoms with E-state index < -0.39 is 0 Å². The summed E-state index contributed by atoms with van der Waals surface area (Å²) in [6.45, 7) is 4.93. The second-order valence-electron chi connectivity index (χ2n) is 6.41. The van der Waals surface area contributed by atoms with Crippen molar-refractivity contribution >= 4 is 0 Å². The third-order valence-corrected chi connectivity index (χ3v) is 4.44. The van der Waals surface area contributed by atoms with E-state index in [9.17, 15) is 0 Å². The molecule has 0 spiro atoms. The summed E-state index contributed by atoms with van der Waals surface area (Å²) in [6.07, 6.45) is 10.0. The van der Waals surface area contributed by atoms with E-state index in [2.05, 4.69) is 29.2 Å².